The Labute approximate surface area is 141 Å². The van der Waals surface area contributed by atoms with Gasteiger partial charge in [-0.25, -0.2) is 9.89 Å². The van der Waals surface area contributed by atoms with Crippen LogP contribution in [0.3, 0.4) is 0 Å². The highest BCUT2D eigenvalue weighted by Crippen LogP contribution is 2.23. The molecule has 0 unspecified atom stereocenters. The predicted octanol–water partition coefficient (Wildman–Crippen LogP) is 2.00. The molecule has 0 aliphatic heterocycles. The first-order valence-corrected chi connectivity index (χ1v) is 7.80. The van der Waals surface area contributed by atoms with Crippen molar-refractivity contribution in [3.8, 4) is 17.1 Å². The van der Waals surface area contributed by atoms with Gasteiger partial charge in [0.15, 0.2) is 5.82 Å². The minimum atomic E-state index is -0.783. The highest BCUT2D eigenvalue weighted by atomic mass is 16.5. The maximum Gasteiger partial charge on any atom is 0.347 e. The number of H-pyrrole nitrogens is 1. The molecule has 0 saturated carbocycles. The van der Waals surface area contributed by atoms with Gasteiger partial charge < -0.3 is 14.3 Å². The molecular formula is C16H16N4O5. The van der Waals surface area contributed by atoms with Gasteiger partial charge in [-0.3, -0.25) is 4.79 Å². The van der Waals surface area contributed by atoms with Gasteiger partial charge in [0.2, 0.25) is 0 Å². The number of fused-ring (bicyclic) bond motifs is 1. The van der Waals surface area contributed by atoms with E-state index in [4.69, 9.17) is 14.3 Å². The number of nitrogens with one attached hydrogen (secondary N) is 1. The zero-order valence-electron chi connectivity index (χ0n) is 13.3. The Balaban J connectivity index is 1.68. The molecule has 25 heavy (non-hydrogen) atoms. The molecule has 0 aliphatic rings. The van der Waals surface area contributed by atoms with E-state index in [1.165, 1.54) is 0 Å². The molecule has 2 aromatic heterocycles. The summed E-state index contributed by atoms with van der Waals surface area (Å²) in [6, 6.07) is 6.79. The third kappa shape index (κ3) is 4.19. The van der Waals surface area contributed by atoms with Crippen molar-refractivity contribution >= 4 is 16.9 Å². The quantitative estimate of drug-likeness (QED) is 0.468. The van der Waals surface area contributed by atoms with Crippen molar-refractivity contribution in [1.29, 1.82) is 0 Å². The summed E-state index contributed by atoms with van der Waals surface area (Å²) in [4.78, 5) is 22.4. The molecule has 0 amide bonds. The van der Waals surface area contributed by atoms with Crippen molar-refractivity contribution in [1.82, 2.24) is 20.6 Å². The highest BCUT2D eigenvalue weighted by molar-refractivity contribution is 5.81. The lowest BCUT2D eigenvalue weighted by atomic mass is 10.1. The van der Waals surface area contributed by atoms with Crippen molar-refractivity contribution in [3.05, 3.63) is 34.7 Å². The molecule has 0 aliphatic carbocycles. The second-order valence-electron chi connectivity index (χ2n) is 5.45. The fourth-order valence-electron chi connectivity index (χ4n) is 2.37. The van der Waals surface area contributed by atoms with Gasteiger partial charge in [-0.05, 0) is 54.0 Å². The molecule has 0 saturated heterocycles. The maximum atomic E-state index is 12.0. The Hall–Kier alpha value is -3.23. The lowest BCUT2D eigenvalue weighted by Gasteiger charge is -2.07. The number of benzene rings is 1. The largest absolute Gasteiger partial charge is 0.494 e. The number of aromatic amines is 1. The molecule has 3 aromatic rings. The summed E-state index contributed by atoms with van der Waals surface area (Å²) in [7, 11) is 0. The number of rotatable bonds is 8. The number of unbranched alkanes of at least 4 members (excludes halogenated alkanes) is 2. The van der Waals surface area contributed by atoms with Crippen LogP contribution in [0.2, 0.25) is 0 Å². The van der Waals surface area contributed by atoms with Crippen molar-refractivity contribution in [2.75, 3.05) is 6.61 Å². The van der Waals surface area contributed by atoms with Gasteiger partial charge in [0, 0.05) is 11.8 Å². The van der Waals surface area contributed by atoms with Crippen LogP contribution in [-0.2, 0) is 4.79 Å². The van der Waals surface area contributed by atoms with E-state index in [2.05, 4.69) is 20.6 Å². The molecule has 0 radical (unpaired) electrons. The number of carboxylic acids is 1. The lowest BCUT2D eigenvalue weighted by Crippen LogP contribution is -2.04. The van der Waals surface area contributed by atoms with Gasteiger partial charge in [0.05, 0.1) is 6.61 Å². The Bertz CT molecular complexity index is 920. The maximum absolute atomic E-state index is 12.0. The van der Waals surface area contributed by atoms with E-state index in [9.17, 15) is 9.59 Å². The number of ether oxygens (including phenoxy) is 1. The normalized spacial score (nSPS) is 10.9. The van der Waals surface area contributed by atoms with Crippen LogP contribution >= 0.6 is 0 Å². The lowest BCUT2D eigenvalue weighted by molar-refractivity contribution is -0.137. The van der Waals surface area contributed by atoms with Crippen molar-refractivity contribution in [2.24, 2.45) is 0 Å². The summed E-state index contributed by atoms with van der Waals surface area (Å²) in [5.41, 5.74) is 0.150. The fraction of sp³-hybridized carbons (Fsp3) is 0.312. The molecule has 9 nitrogen and oxygen atoms in total. The van der Waals surface area contributed by atoms with Gasteiger partial charge in [0.25, 0.3) is 0 Å². The minimum Gasteiger partial charge on any atom is -0.494 e. The van der Waals surface area contributed by atoms with Crippen LogP contribution in [0.4, 0.5) is 0 Å². The van der Waals surface area contributed by atoms with Crippen LogP contribution in [-0.4, -0.2) is 38.3 Å². The summed E-state index contributed by atoms with van der Waals surface area (Å²) in [6.45, 7) is 0.487. The first kappa shape index (κ1) is 16.6. The molecule has 0 spiro atoms. The molecule has 0 fully saturated rings. The molecule has 0 atom stereocenters. The van der Waals surface area contributed by atoms with Crippen molar-refractivity contribution in [2.45, 2.75) is 25.7 Å². The summed E-state index contributed by atoms with van der Waals surface area (Å²) in [6.07, 6.45) is 2.37. The smallest absolute Gasteiger partial charge is 0.347 e. The van der Waals surface area contributed by atoms with Gasteiger partial charge in [-0.15, -0.1) is 5.10 Å². The van der Waals surface area contributed by atoms with E-state index in [-0.39, 0.29) is 17.8 Å². The molecule has 3 rings (SSSR count). The van der Waals surface area contributed by atoms with E-state index < -0.39 is 11.6 Å². The third-order valence-electron chi connectivity index (χ3n) is 3.61. The highest BCUT2D eigenvalue weighted by Gasteiger charge is 2.11. The number of hydrogen-bond donors (Lipinski definition) is 2. The summed E-state index contributed by atoms with van der Waals surface area (Å²) >= 11 is 0. The fourth-order valence-corrected chi connectivity index (χ4v) is 2.37. The van der Waals surface area contributed by atoms with E-state index in [0.717, 1.165) is 12.8 Å². The van der Waals surface area contributed by atoms with E-state index in [0.29, 0.717) is 29.7 Å². The molecule has 2 heterocycles. The van der Waals surface area contributed by atoms with Crippen LogP contribution in [0.25, 0.3) is 22.4 Å². The van der Waals surface area contributed by atoms with Gasteiger partial charge in [0.1, 0.15) is 16.9 Å². The molecule has 1 aromatic carbocycles. The zero-order valence-corrected chi connectivity index (χ0v) is 13.3. The minimum absolute atomic E-state index is 0.175. The second-order valence-corrected chi connectivity index (χ2v) is 5.45. The van der Waals surface area contributed by atoms with Crippen LogP contribution in [0.5, 0.6) is 5.75 Å². The molecular weight excluding hydrogens is 328 g/mol. The average Bonchev–Trinajstić information content (AvgIpc) is 3.11. The Morgan fingerprint density at radius 2 is 2.12 bits per heavy atom. The number of aliphatic carboxylic acids is 1. The number of nitrogens with zero attached hydrogens (tertiary/aromatic N) is 3. The number of carbonyl (C=O) groups is 1. The number of tetrazole rings is 1. The van der Waals surface area contributed by atoms with Crippen LogP contribution in [0.15, 0.2) is 33.5 Å². The Morgan fingerprint density at radius 3 is 2.88 bits per heavy atom. The SMILES string of the molecule is O=C(O)CCCCCOc1ccc2oc(=O)c(-c3nnn[nH]3)cc2c1. The first-order chi connectivity index (χ1) is 12.1. The van der Waals surface area contributed by atoms with E-state index >= 15 is 0 Å². The number of aromatic nitrogens is 4. The molecule has 9 heteroatoms. The van der Waals surface area contributed by atoms with Crippen molar-refractivity contribution < 1.29 is 19.1 Å². The summed E-state index contributed by atoms with van der Waals surface area (Å²) in [5.74, 6) is 0.0938. The van der Waals surface area contributed by atoms with Gasteiger partial charge in [-0.2, -0.15) is 0 Å². The van der Waals surface area contributed by atoms with Gasteiger partial charge in [-0.1, -0.05) is 0 Å². The topological polar surface area (TPSA) is 131 Å². The van der Waals surface area contributed by atoms with Gasteiger partial charge >= 0.3 is 11.6 Å². The Morgan fingerprint density at radius 1 is 1.24 bits per heavy atom. The second kappa shape index (κ2) is 7.56. The predicted molar refractivity (Wildman–Crippen MR) is 87.3 cm³/mol. The van der Waals surface area contributed by atoms with Crippen LogP contribution < -0.4 is 10.4 Å². The third-order valence-corrected chi connectivity index (χ3v) is 3.61. The summed E-state index contributed by atoms with van der Waals surface area (Å²) in [5, 5.41) is 22.4. The number of hydrogen-bond acceptors (Lipinski definition) is 7. The molecule has 130 valence electrons. The monoisotopic (exact) mass is 344 g/mol. The summed E-state index contributed by atoms with van der Waals surface area (Å²) < 4.78 is 10.9. The first-order valence-electron chi connectivity index (χ1n) is 7.80. The van der Waals surface area contributed by atoms with Crippen LogP contribution in [0.1, 0.15) is 25.7 Å². The number of carboxylic acid groups (broad SMARTS) is 1. The molecule has 2 N–H and O–H groups in total. The van der Waals surface area contributed by atoms with Crippen LogP contribution in [0, 0.1) is 0 Å². The van der Waals surface area contributed by atoms with E-state index in [1.54, 1.807) is 24.3 Å². The average molecular weight is 344 g/mol. The molecule has 0 bridgehead atoms. The Kier molecular flexibility index (Phi) is 5.03. The van der Waals surface area contributed by atoms with E-state index in [1.807, 2.05) is 0 Å². The van der Waals surface area contributed by atoms with Crippen molar-refractivity contribution in [3.63, 3.8) is 0 Å². The standard InChI is InChI=1S/C16H16N4O5/c21-14(22)4-2-1-3-7-24-11-5-6-13-10(8-11)9-12(16(23)25-13)15-17-19-20-18-15/h5-6,8-9H,1-4,7H2,(H,21,22)(H,17,18,19,20). The zero-order chi connectivity index (χ0) is 17.6.